The van der Waals surface area contributed by atoms with Crippen LogP contribution >= 0.6 is 0 Å². The number of pyridine rings is 1. The van der Waals surface area contributed by atoms with Gasteiger partial charge >= 0.3 is 0 Å². The minimum Gasteiger partial charge on any atom is -0.395 e. The van der Waals surface area contributed by atoms with E-state index in [2.05, 4.69) is 25.5 Å². The topological polar surface area (TPSA) is 117 Å². The molecule has 6 N–H and O–H groups in total. The van der Waals surface area contributed by atoms with Gasteiger partial charge in [-0.3, -0.25) is 4.98 Å². The van der Waals surface area contributed by atoms with E-state index in [1.807, 2.05) is 50.2 Å². The highest BCUT2D eigenvalue weighted by Crippen LogP contribution is 2.32. The van der Waals surface area contributed by atoms with Gasteiger partial charge in [-0.25, -0.2) is 5.43 Å². The lowest BCUT2D eigenvalue weighted by Crippen LogP contribution is -2.28. The molecule has 0 saturated carbocycles. The molecular weight excluding hydrogens is 302 g/mol. The fourth-order valence-corrected chi connectivity index (χ4v) is 2.38. The van der Waals surface area contributed by atoms with Gasteiger partial charge in [0.1, 0.15) is 0 Å². The quantitative estimate of drug-likeness (QED) is 0.336. The highest BCUT2D eigenvalue weighted by atomic mass is 15.4. The van der Waals surface area contributed by atoms with Crippen molar-refractivity contribution in [2.75, 3.05) is 5.73 Å². The zero-order valence-electron chi connectivity index (χ0n) is 13.5. The van der Waals surface area contributed by atoms with Gasteiger partial charge in [0.05, 0.1) is 22.6 Å². The highest BCUT2D eigenvalue weighted by molar-refractivity contribution is 6.01. The number of rotatable bonds is 3. The van der Waals surface area contributed by atoms with E-state index in [-0.39, 0.29) is 5.96 Å². The molecule has 24 heavy (non-hydrogen) atoms. The molecule has 0 unspecified atom stereocenters. The number of H-pyrrole nitrogens is 1. The second kappa shape index (κ2) is 6.41. The Balaban J connectivity index is 1.84. The molecule has 0 spiro atoms. The molecule has 1 aromatic carbocycles. The lowest BCUT2D eigenvalue weighted by molar-refractivity contribution is 0.997. The van der Waals surface area contributed by atoms with E-state index in [1.54, 1.807) is 6.20 Å². The lowest BCUT2D eigenvalue weighted by atomic mass is 10.1. The number of aliphatic imine (C=N–C) groups is 1. The van der Waals surface area contributed by atoms with E-state index < -0.39 is 0 Å². The summed E-state index contributed by atoms with van der Waals surface area (Å²) in [6.07, 6.45) is 1.71. The van der Waals surface area contributed by atoms with Crippen LogP contribution in [0.1, 0.15) is 18.2 Å². The normalized spacial score (nSPS) is 12.6. The lowest BCUT2D eigenvalue weighted by Gasteiger charge is -2.02. The second-order valence-electron chi connectivity index (χ2n) is 5.41. The SMILES string of the molecule is C/C(=N\N/C(N)=N/c1[nH]c2c(C)cccc2c1N)c1ccccn1. The van der Waals surface area contributed by atoms with Crippen molar-refractivity contribution in [1.82, 2.24) is 15.4 Å². The van der Waals surface area contributed by atoms with E-state index >= 15 is 0 Å². The summed E-state index contributed by atoms with van der Waals surface area (Å²) in [4.78, 5) is 11.7. The first kappa shape index (κ1) is 15.5. The predicted molar refractivity (Wildman–Crippen MR) is 98.3 cm³/mol. The number of aryl methyl sites for hydroxylation is 1. The van der Waals surface area contributed by atoms with Gasteiger partial charge in [0.25, 0.3) is 0 Å². The zero-order chi connectivity index (χ0) is 17.1. The smallest absolute Gasteiger partial charge is 0.216 e. The van der Waals surface area contributed by atoms with Crippen LogP contribution in [-0.2, 0) is 0 Å². The standard InChI is InChI=1S/C17H19N7/c1-10-6-5-7-12-14(18)16(21-15(10)12)22-17(19)24-23-11(2)13-8-3-4-9-20-13/h3-9,21H,18H2,1-2H3,(H3,19,22,24)/b23-11+. The average molecular weight is 321 g/mol. The van der Waals surface area contributed by atoms with Gasteiger partial charge in [-0.15, -0.1) is 0 Å². The molecule has 0 aliphatic carbocycles. The number of nitrogen functional groups attached to an aromatic ring is 1. The molecule has 7 heteroatoms. The van der Waals surface area contributed by atoms with Crippen LogP contribution in [0.4, 0.5) is 11.5 Å². The average Bonchev–Trinajstić information content (AvgIpc) is 2.91. The van der Waals surface area contributed by atoms with Gasteiger partial charge in [-0.05, 0) is 31.5 Å². The molecule has 0 atom stereocenters. The number of guanidine groups is 1. The molecule has 3 rings (SSSR count). The number of hydrazone groups is 1. The maximum atomic E-state index is 6.14. The Hall–Kier alpha value is -3.35. The number of benzene rings is 1. The predicted octanol–water partition coefficient (Wildman–Crippen LogP) is 2.41. The van der Waals surface area contributed by atoms with Gasteiger partial charge in [-0.1, -0.05) is 24.3 Å². The number of hydrogen-bond acceptors (Lipinski definition) is 4. The third kappa shape index (κ3) is 3.05. The first-order valence-corrected chi connectivity index (χ1v) is 7.49. The molecular formula is C17H19N7. The minimum atomic E-state index is 0.140. The number of fused-ring (bicyclic) bond motifs is 1. The molecule has 2 heterocycles. The number of para-hydroxylation sites is 1. The van der Waals surface area contributed by atoms with Crippen LogP contribution in [0.5, 0.6) is 0 Å². The second-order valence-corrected chi connectivity index (χ2v) is 5.41. The summed E-state index contributed by atoms with van der Waals surface area (Å²) in [5.74, 6) is 0.649. The summed E-state index contributed by atoms with van der Waals surface area (Å²) in [6.45, 7) is 3.84. The maximum absolute atomic E-state index is 6.14. The third-order valence-electron chi connectivity index (χ3n) is 3.67. The van der Waals surface area contributed by atoms with Crippen LogP contribution in [0.2, 0.25) is 0 Å². The zero-order valence-corrected chi connectivity index (χ0v) is 13.5. The van der Waals surface area contributed by atoms with Crippen LogP contribution in [0.3, 0.4) is 0 Å². The van der Waals surface area contributed by atoms with Crippen molar-refractivity contribution in [3.8, 4) is 0 Å². The van der Waals surface area contributed by atoms with Crippen LogP contribution in [0.25, 0.3) is 10.9 Å². The van der Waals surface area contributed by atoms with E-state index in [1.165, 1.54) is 0 Å². The van der Waals surface area contributed by atoms with E-state index in [0.717, 1.165) is 22.2 Å². The van der Waals surface area contributed by atoms with Crippen molar-refractivity contribution in [2.24, 2.45) is 15.8 Å². The fraction of sp³-hybridized carbons (Fsp3) is 0.118. The monoisotopic (exact) mass is 321 g/mol. The van der Waals surface area contributed by atoms with Gasteiger partial charge in [0.15, 0.2) is 5.82 Å². The molecule has 0 aliphatic rings. The number of nitrogens with zero attached hydrogens (tertiary/aromatic N) is 3. The summed E-state index contributed by atoms with van der Waals surface area (Å²) in [5, 5.41) is 5.11. The van der Waals surface area contributed by atoms with Gasteiger partial charge < -0.3 is 16.5 Å². The van der Waals surface area contributed by atoms with Crippen molar-refractivity contribution < 1.29 is 0 Å². The largest absolute Gasteiger partial charge is 0.395 e. The molecule has 122 valence electrons. The highest BCUT2D eigenvalue weighted by Gasteiger charge is 2.09. The summed E-state index contributed by atoms with van der Waals surface area (Å²) in [5.41, 5.74) is 18.8. The Morgan fingerprint density at radius 3 is 2.75 bits per heavy atom. The summed E-state index contributed by atoms with van der Waals surface area (Å²) < 4.78 is 0. The first-order valence-electron chi connectivity index (χ1n) is 7.49. The Bertz CT molecular complexity index is 923. The molecule has 0 bridgehead atoms. The van der Waals surface area contributed by atoms with E-state index in [4.69, 9.17) is 11.5 Å². The Labute approximate surface area is 139 Å². The molecule has 0 amide bonds. The number of aromatic nitrogens is 2. The Morgan fingerprint density at radius 2 is 2.04 bits per heavy atom. The molecule has 0 aliphatic heterocycles. The van der Waals surface area contributed by atoms with Crippen molar-refractivity contribution in [3.05, 3.63) is 53.9 Å². The van der Waals surface area contributed by atoms with E-state index in [0.29, 0.717) is 17.2 Å². The molecule has 3 aromatic rings. The Kier molecular flexibility index (Phi) is 4.15. The summed E-state index contributed by atoms with van der Waals surface area (Å²) >= 11 is 0. The third-order valence-corrected chi connectivity index (χ3v) is 3.67. The number of nitrogens with two attached hydrogens (primary N) is 2. The van der Waals surface area contributed by atoms with Gasteiger partial charge in [-0.2, -0.15) is 10.1 Å². The van der Waals surface area contributed by atoms with Crippen LogP contribution in [0, 0.1) is 6.92 Å². The molecule has 0 saturated heterocycles. The van der Waals surface area contributed by atoms with Gasteiger partial charge in [0, 0.05) is 11.6 Å². The van der Waals surface area contributed by atoms with Crippen molar-refractivity contribution >= 4 is 34.1 Å². The van der Waals surface area contributed by atoms with E-state index in [9.17, 15) is 0 Å². The molecule has 0 fully saturated rings. The number of aromatic amines is 1. The van der Waals surface area contributed by atoms with Crippen molar-refractivity contribution in [2.45, 2.75) is 13.8 Å². The summed E-state index contributed by atoms with van der Waals surface area (Å²) in [6, 6.07) is 11.5. The van der Waals surface area contributed by atoms with Crippen molar-refractivity contribution in [1.29, 1.82) is 0 Å². The molecule has 0 radical (unpaired) electrons. The number of anilines is 1. The van der Waals surface area contributed by atoms with Crippen molar-refractivity contribution in [3.63, 3.8) is 0 Å². The maximum Gasteiger partial charge on any atom is 0.216 e. The number of hydrogen-bond donors (Lipinski definition) is 4. The summed E-state index contributed by atoms with van der Waals surface area (Å²) in [7, 11) is 0. The first-order chi connectivity index (χ1) is 11.6. The molecule has 2 aromatic heterocycles. The van der Waals surface area contributed by atoms with Crippen LogP contribution < -0.4 is 16.9 Å². The Morgan fingerprint density at radius 1 is 1.21 bits per heavy atom. The van der Waals surface area contributed by atoms with Gasteiger partial charge in [0.2, 0.25) is 5.96 Å². The van der Waals surface area contributed by atoms with Crippen LogP contribution in [0.15, 0.2) is 52.7 Å². The fourth-order valence-electron chi connectivity index (χ4n) is 2.38. The van der Waals surface area contributed by atoms with Crippen LogP contribution in [-0.4, -0.2) is 21.6 Å². The number of nitrogens with one attached hydrogen (secondary N) is 2. The minimum absolute atomic E-state index is 0.140. The molecule has 7 nitrogen and oxygen atoms in total.